The van der Waals surface area contributed by atoms with E-state index in [-0.39, 0.29) is 17.3 Å². The number of hydrogen-bond donors (Lipinski definition) is 2. The summed E-state index contributed by atoms with van der Waals surface area (Å²) in [6.45, 7) is 1.76. The Balaban J connectivity index is 1.95. The van der Waals surface area contributed by atoms with Gasteiger partial charge in [0.2, 0.25) is 10.0 Å². The first-order chi connectivity index (χ1) is 9.03. The molecule has 0 amide bonds. The topological polar surface area (TPSA) is 79.5 Å². The number of aliphatic hydroxyl groups is 1. The molecule has 108 valence electrons. The van der Waals surface area contributed by atoms with Crippen molar-refractivity contribution in [3.63, 3.8) is 0 Å². The van der Waals surface area contributed by atoms with E-state index in [1.54, 1.807) is 6.92 Å². The summed E-state index contributed by atoms with van der Waals surface area (Å²) in [5.74, 6) is 1.24. The molecular formula is C13H21NO4S. The second-order valence-corrected chi connectivity index (χ2v) is 6.86. The fourth-order valence-electron chi connectivity index (χ4n) is 2.64. The van der Waals surface area contributed by atoms with E-state index in [1.807, 2.05) is 0 Å². The number of aliphatic hydroxyl groups excluding tert-OH is 1. The molecule has 2 N–H and O–H groups in total. The predicted molar refractivity (Wildman–Crippen MR) is 71.1 cm³/mol. The van der Waals surface area contributed by atoms with Crippen LogP contribution in [-0.4, -0.2) is 20.1 Å². The quantitative estimate of drug-likeness (QED) is 0.838. The van der Waals surface area contributed by atoms with Crippen molar-refractivity contribution in [3.8, 4) is 0 Å². The number of hydrogen-bond acceptors (Lipinski definition) is 4. The van der Waals surface area contributed by atoms with Crippen molar-refractivity contribution in [3.05, 3.63) is 17.6 Å². The Morgan fingerprint density at radius 2 is 2.11 bits per heavy atom. The first-order valence-electron chi connectivity index (χ1n) is 6.73. The third kappa shape index (κ3) is 3.58. The Labute approximate surface area is 114 Å². The molecule has 0 radical (unpaired) electrons. The van der Waals surface area contributed by atoms with Gasteiger partial charge in [0, 0.05) is 12.6 Å². The lowest BCUT2D eigenvalue weighted by molar-refractivity contribution is 0.244. The summed E-state index contributed by atoms with van der Waals surface area (Å²) in [6.07, 6.45) is 5.83. The summed E-state index contributed by atoms with van der Waals surface area (Å²) in [4.78, 5) is 0.128. The van der Waals surface area contributed by atoms with Crippen molar-refractivity contribution in [1.29, 1.82) is 0 Å². The lowest BCUT2D eigenvalue weighted by Gasteiger charge is -2.09. The zero-order valence-corrected chi connectivity index (χ0v) is 12.0. The molecule has 0 spiro atoms. The van der Waals surface area contributed by atoms with E-state index in [9.17, 15) is 8.42 Å². The highest BCUT2D eigenvalue weighted by Gasteiger charge is 2.22. The van der Waals surface area contributed by atoms with Crippen LogP contribution in [0.5, 0.6) is 0 Å². The number of rotatable bonds is 6. The standard InChI is InChI=1S/C13H21NO4S/c1-10-13(8-12(9-15)18-10)19(16,17)14-7-6-11-4-2-3-5-11/h8,11,14-15H,2-7,9H2,1H3. The van der Waals surface area contributed by atoms with Crippen LogP contribution in [0, 0.1) is 12.8 Å². The van der Waals surface area contributed by atoms with Gasteiger partial charge in [0.15, 0.2) is 0 Å². The molecule has 1 fully saturated rings. The minimum absolute atomic E-state index is 0.128. The van der Waals surface area contributed by atoms with Crippen LogP contribution in [0.3, 0.4) is 0 Å². The van der Waals surface area contributed by atoms with Gasteiger partial charge in [-0.3, -0.25) is 0 Å². The maximum absolute atomic E-state index is 12.1. The van der Waals surface area contributed by atoms with Crippen LogP contribution in [0.2, 0.25) is 0 Å². The van der Waals surface area contributed by atoms with Crippen LogP contribution in [0.4, 0.5) is 0 Å². The molecule has 5 nitrogen and oxygen atoms in total. The van der Waals surface area contributed by atoms with Gasteiger partial charge in [-0.1, -0.05) is 25.7 Å². The molecule has 1 heterocycles. The Kier molecular flexibility index (Phi) is 4.65. The van der Waals surface area contributed by atoms with Crippen molar-refractivity contribution in [2.24, 2.45) is 5.92 Å². The van der Waals surface area contributed by atoms with Gasteiger partial charge in [-0.2, -0.15) is 0 Å². The second kappa shape index (κ2) is 6.07. The number of sulfonamides is 1. The van der Waals surface area contributed by atoms with Crippen LogP contribution < -0.4 is 4.72 Å². The van der Waals surface area contributed by atoms with Crippen molar-refractivity contribution in [2.45, 2.75) is 50.5 Å². The van der Waals surface area contributed by atoms with E-state index in [0.29, 0.717) is 18.2 Å². The SMILES string of the molecule is Cc1oc(CO)cc1S(=O)(=O)NCCC1CCCC1. The molecule has 0 atom stereocenters. The van der Waals surface area contributed by atoms with Crippen molar-refractivity contribution in [2.75, 3.05) is 6.54 Å². The molecule has 1 saturated carbocycles. The molecule has 0 bridgehead atoms. The molecule has 1 aromatic heterocycles. The Bertz CT molecular complexity index is 515. The molecule has 0 saturated heterocycles. The average molecular weight is 287 g/mol. The zero-order valence-electron chi connectivity index (χ0n) is 11.2. The highest BCUT2D eigenvalue weighted by Crippen LogP contribution is 2.27. The predicted octanol–water partition coefficient (Wildman–Crippen LogP) is 1.94. The minimum atomic E-state index is -3.53. The van der Waals surface area contributed by atoms with E-state index in [2.05, 4.69) is 4.72 Å². The van der Waals surface area contributed by atoms with E-state index >= 15 is 0 Å². The summed E-state index contributed by atoms with van der Waals surface area (Å²) in [5, 5.41) is 8.95. The first-order valence-corrected chi connectivity index (χ1v) is 8.21. The van der Waals surface area contributed by atoms with Crippen LogP contribution >= 0.6 is 0 Å². The lowest BCUT2D eigenvalue weighted by Crippen LogP contribution is -2.26. The number of aryl methyl sites for hydroxylation is 1. The van der Waals surface area contributed by atoms with E-state index in [0.717, 1.165) is 6.42 Å². The smallest absolute Gasteiger partial charge is 0.244 e. The second-order valence-electron chi connectivity index (χ2n) is 5.13. The molecule has 1 aromatic rings. The van der Waals surface area contributed by atoms with E-state index in [1.165, 1.54) is 31.7 Å². The van der Waals surface area contributed by atoms with Crippen LogP contribution in [0.25, 0.3) is 0 Å². The van der Waals surface area contributed by atoms with Gasteiger partial charge in [0.25, 0.3) is 0 Å². The molecule has 1 aliphatic rings. The minimum Gasteiger partial charge on any atom is -0.462 e. The van der Waals surface area contributed by atoms with Gasteiger partial charge in [-0.15, -0.1) is 0 Å². The zero-order chi connectivity index (χ0) is 13.9. The fourth-order valence-corrected chi connectivity index (χ4v) is 3.89. The summed E-state index contributed by atoms with van der Waals surface area (Å²) in [5.41, 5.74) is 0. The molecular weight excluding hydrogens is 266 g/mol. The Hall–Kier alpha value is -0.850. The van der Waals surface area contributed by atoms with E-state index in [4.69, 9.17) is 9.52 Å². The maximum Gasteiger partial charge on any atom is 0.244 e. The Morgan fingerprint density at radius 1 is 1.42 bits per heavy atom. The number of furan rings is 1. The van der Waals surface area contributed by atoms with Gasteiger partial charge < -0.3 is 9.52 Å². The largest absolute Gasteiger partial charge is 0.462 e. The third-order valence-corrected chi connectivity index (χ3v) is 5.26. The lowest BCUT2D eigenvalue weighted by atomic mass is 10.1. The average Bonchev–Trinajstić information content (AvgIpc) is 2.98. The van der Waals surface area contributed by atoms with Crippen LogP contribution in [-0.2, 0) is 16.6 Å². The highest BCUT2D eigenvalue weighted by atomic mass is 32.2. The third-order valence-electron chi connectivity index (χ3n) is 3.69. The van der Waals surface area contributed by atoms with Crippen molar-refractivity contribution >= 4 is 10.0 Å². The number of nitrogens with one attached hydrogen (secondary N) is 1. The molecule has 2 rings (SSSR count). The molecule has 6 heteroatoms. The van der Waals surface area contributed by atoms with Crippen LogP contribution in [0.1, 0.15) is 43.6 Å². The van der Waals surface area contributed by atoms with Crippen LogP contribution in [0.15, 0.2) is 15.4 Å². The Morgan fingerprint density at radius 3 is 2.68 bits per heavy atom. The van der Waals surface area contributed by atoms with Crippen molar-refractivity contribution in [1.82, 2.24) is 4.72 Å². The molecule has 0 aromatic carbocycles. The maximum atomic E-state index is 12.1. The first kappa shape index (κ1) is 14.6. The fraction of sp³-hybridized carbons (Fsp3) is 0.692. The van der Waals surface area contributed by atoms with Gasteiger partial charge in [0.1, 0.15) is 23.0 Å². The highest BCUT2D eigenvalue weighted by molar-refractivity contribution is 7.89. The summed E-state index contributed by atoms with van der Waals surface area (Å²) < 4.78 is 32.0. The van der Waals surface area contributed by atoms with E-state index < -0.39 is 10.0 Å². The van der Waals surface area contributed by atoms with Crippen molar-refractivity contribution < 1.29 is 17.9 Å². The normalized spacial score (nSPS) is 17.2. The molecule has 0 unspecified atom stereocenters. The summed E-state index contributed by atoms with van der Waals surface area (Å²) in [7, 11) is -3.53. The molecule has 1 aliphatic carbocycles. The summed E-state index contributed by atoms with van der Waals surface area (Å²) >= 11 is 0. The van der Waals surface area contributed by atoms with Gasteiger partial charge in [-0.25, -0.2) is 13.1 Å². The van der Waals surface area contributed by atoms with Gasteiger partial charge in [0.05, 0.1) is 0 Å². The summed E-state index contributed by atoms with van der Waals surface area (Å²) in [6, 6.07) is 1.38. The van der Waals surface area contributed by atoms with Gasteiger partial charge in [-0.05, 0) is 19.3 Å². The molecule has 0 aliphatic heterocycles. The molecule has 19 heavy (non-hydrogen) atoms. The monoisotopic (exact) mass is 287 g/mol. The van der Waals surface area contributed by atoms with Gasteiger partial charge >= 0.3 is 0 Å².